The highest BCUT2D eigenvalue weighted by Crippen LogP contribution is 2.24. The molecule has 120 valence electrons. The molecule has 21 heavy (non-hydrogen) atoms. The lowest BCUT2D eigenvalue weighted by Gasteiger charge is -2.40. The van der Waals surface area contributed by atoms with E-state index in [0.29, 0.717) is 6.42 Å². The summed E-state index contributed by atoms with van der Waals surface area (Å²) in [5.74, 6) is -1.92. The summed E-state index contributed by atoms with van der Waals surface area (Å²) >= 11 is 0. The van der Waals surface area contributed by atoms with Crippen LogP contribution < -0.4 is 11.1 Å². The SMILES string of the molecule is CC[C@@H](O)[C@@H](OC)[C@@H]1OC(C(=O)O)=C[C@H](N)[C@H]1NC(C)=O. The van der Waals surface area contributed by atoms with Crippen LogP contribution in [0.3, 0.4) is 0 Å². The Hall–Kier alpha value is -1.64. The predicted molar refractivity (Wildman–Crippen MR) is 73.3 cm³/mol. The normalized spacial score (nSPS) is 28.0. The third-order valence-electron chi connectivity index (χ3n) is 3.35. The van der Waals surface area contributed by atoms with Crippen molar-refractivity contribution in [1.29, 1.82) is 0 Å². The van der Waals surface area contributed by atoms with Crippen LogP contribution in [0.4, 0.5) is 0 Å². The third kappa shape index (κ3) is 4.16. The van der Waals surface area contributed by atoms with Crippen LogP contribution >= 0.6 is 0 Å². The number of ether oxygens (including phenoxy) is 2. The zero-order valence-electron chi connectivity index (χ0n) is 12.3. The Labute approximate surface area is 122 Å². The van der Waals surface area contributed by atoms with Crippen LogP contribution in [-0.4, -0.2) is 59.6 Å². The van der Waals surface area contributed by atoms with Crippen LogP contribution in [0.25, 0.3) is 0 Å². The second-order valence-corrected chi connectivity index (χ2v) is 4.90. The van der Waals surface area contributed by atoms with Crippen LogP contribution in [0.15, 0.2) is 11.8 Å². The van der Waals surface area contributed by atoms with Crippen molar-refractivity contribution < 1.29 is 29.3 Å². The molecule has 0 aromatic carbocycles. The molecule has 0 unspecified atom stereocenters. The molecule has 8 nitrogen and oxygen atoms in total. The number of aliphatic hydroxyl groups excluding tert-OH is 1. The molecule has 0 bridgehead atoms. The molecule has 1 heterocycles. The predicted octanol–water partition coefficient (Wildman–Crippen LogP) is -1.03. The first-order valence-corrected chi connectivity index (χ1v) is 6.67. The number of nitrogens with two attached hydrogens (primary N) is 1. The van der Waals surface area contributed by atoms with Crippen LogP contribution in [-0.2, 0) is 19.1 Å². The number of carboxylic acids is 1. The Morgan fingerprint density at radius 3 is 2.62 bits per heavy atom. The van der Waals surface area contributed by atoms with Crippen LogP contribution in [0.5, 0.6) is 0 Å². The number of hydrogen-bond acceptors (Lipinski definition) is 6. The number of nitrogens with one attached hydrogen (secondary N) is 1. The third-order valence-corrected chi connectivity index (χ3v) is 3.35. The Balaban J connectivity index is 3.11. The molecule has 1 amide bonds. The van der Waals surface area contributed by atoms with Crippen molar-refractivity contribution in [1.82, 2.24) is 5.32 Å². The van der Waals surface area contributed by atoms with Gasteiger partial charge in [0.15, 0.2) is 0 Å². The number of amides is 1. The molecule has 1 aliphatic heterocycles. The Bertz CT molecular complexity index is 425. The zero-order valence-corrected chi connectivity index (χ0v) is 12.3. The molecule has 0 radical (unpaired) electrons. The minimum atomic E-state index is -1.27. The average molecular weight is 302 g/mol. The second-order valence-electron chi connectivity index (χ2n) is 4.90. The fourth-order valence-electron chi connectivity index (χ4n) is 2.31. The Morgan fingerprint density at radius 1 is 1.57 bits per heavy atom. The molecular weight excluding hydrogens is 280 g/mol. The van der Waals surface area contributed by atoms with Gasteiger partial charge in [0.25, 0.3) is 0 Å². The molecule has 0 spiro atoms. The van der Waals surface area contributed by atoms with Gasteiger partial charge in [-0.3, -0.25) is 4.79 Å². The first kappa shape index (κ1) is 17.4. The van der Waals surface area contributed by atoms with E-state index in [1.807, 2.05) is 0 Å². The van der Waals surface area contributed by atoms with E-state index >= 15 is 0 Å². The first-order valence-electron chi connectivity index (χ1n) is 6.67. The summed E-state index contributed by atoms with van der Waals surface area (Å²) in [6.07, 6.45) is -0.991. The summed E-state index contributed by atoms with van der Waals surface area (Å²) in [6.45, 7) is 3.07. The van der Waals surface area contributed by atoms with E-state index in [4.69, 9.17) is 20.3 Å². The van der Waals surface area contributed by atoms with Gasteiger partial charge in [0.2, 0.25) is 11.7 Å². The minimum absolute atomic E-state index is 0.320. The minimum Gasteiger partial charge on any atom is -0.478 e. The quantitative estimate of drug-likeness (QED) is 0.493. The van der Waals surface area contributed by atoms with Gasteiger partial charge in [-0.15, -0.1) is 0 Å². The molecule has 0 fully saturated rings. The highest BCUT2D eigenvalue weighted by atomic mass is 16.6. The summed E-state index contributed by atoms with van der Waals surface area (Å²) in [4.78, 5) is 22.4. The number of carbonyl (C=O) groups is 2. The number of aliphatic carboxylic acids is 1. The number of hydrogen-bond donors (Lipinski definition) is 4. The standard InChI is InChI=1S/C13H22N2O6/c1-4-8(17)11(20-3)12-10(15-6(2)16)7(14)5-9(21-12)13(18)19/h5,7-8,10-12,17H,4,14H2,1-3H3,(H,15,16)(H,18,19)/t7-,8+,10+,11+,12+/m0/s1. The van der Waals surface area contributed by atoms with E-state index in [9.17, 15) is 14.7 Å². The van der Waals surface area contributed by atoms with E-state index < -0.39 is 36.4 Å². The van der Waals surface area contributed by atoms with Crippen molar-refractivity contribution in [3.8, 4) is 0 Å². The van der Waals surface area contributed by atoms with Gasteiger partial charge < -0.3 is 30.7 Å². The van der Waals surface area contributed by atoms with Crippen LogP contribution in [0.1, 0.15) is 20.3 Å². The van der Waals surface area contributed by atoms with Crippen molar-refractivity contribution in [2.45, 2.75) is 50.7 Å². The van der Waals surface area contributed by atoms with E-state index in [1.54, 1.807) is 6.92 Å². The maximum Gasteiger partial charge on any atom is 0.370 e. The lowest BCUT2D eigenvalue weighted by molar-refractivity contribution is -0.147. The van der Waals surface area contributed by atoms with Crippen molar-refractivity contribution in [3.05, 3.63) is 11.8 Å². The van der Waals surface area contributed by atoms with E-state index in [2.05, 4.69) is 5.32 Å². The summed E-state index contributed by atoms with van der Waals surface area (Å²) in [5, 5.41) is 21.7. The average Bonchev–Trinajstić information content (AvgIpc) is 2.41. The molecule has 0 saturated heterocycles. The van der Waals surface area contributed by atoms with Gasteiger partial charge in [-0.05, 0) is 12.5 Å². The monoisotopic (exact) mass is 302 g/mol. The van der Waals surface area contributed by atoms with Gasteiger partial charge in [0, 0.05) is 14.0 Å². The van der Waals surface area contributed by atoms with Crippen molar-refractivity contribution in [2.75, 3.05) is 7.11 Å². The van der Waals surface area contributed by atoms with E-state index in [1.165, 1.54) is 20.1 Å². The van der Waals surface area contributed by atoms with Crippen molar-refractivity contribution >= 4 is 11.9 Å². The van der Waals surface area contributed by atoms with Gasteiger partial charge in [-0.2, -0.15) is 0 Å². The fraction of sp³-hybridized carbons (Fsp3) is 0.692. The molecule has 5 N–H and O–H groups in total. The molecule has 8 heteroatoms. The summed E-state index contributed by atoms with van der Waals surface area (Å²) in [5.41, 5.74) is 5.91. The number of carboxylic acid groups (broad SMARTS) is 1. The maximum absolute atomic E-state index is 11.3. The van der Waals surface area contributed by atoms with Gasteiger partial charge in [-0.1, -0.05) is 6.92 Å². The number of carbonyl (C=O) groups excluding carboxylic acids is 1. The van der Waals surface area contributed by atoms with Gasteiger partial charge >= 0.3 is 5.97 Å². The zero-order chi connectivity index (χ0) is 16.2. The summed E-state index contributed by atoms with van der Waals surface area (Å²) in [7, 11) is 1.38. The maximum atomic E-state index is 11.3. The van der Waals surface area contributed by atoms with Gasteiger partial charge in [0.1, 0.15) is 12.2 Å². The molecule has 0 aromatic heterocycles. The lowest BCUT2D eigenvalue weighted by Crippen LogP contribution is -2.62. The largest absolute Gasteiger partial charge is 0.478 e. The number of methoxy groups -OCH3 is 1. The molecular formula is C13H22N2O6. The summed E-state index contributed by atoms with van der Waals surface area (Å²) in [6, 6.07) is -1.46. The Morgan fingerprint density at radius 2 is 2.19 bits per heavy atom. The Kier molecular flexibility index (Phi) is 6.13. The van der Waals surface area contributed by atoms with E-state index in [-0.39, 0.29) is 11.7 Å². The molecule has 0 aliphatic carbocycles. The smallest absolute Gasteiger partial charge is 0.370 e. The van der Waals surface area contributed by atoms with Gasteiger partial charge in [-0.25, -0.2) is 4.79 Å². The molecule has 0 aromatic rings. The number of aliphatic hydroxyl groups is 1. The summed E-state index contributed by atoms with van der Waals surface area (Å²) < 4.78 is 10.6. The lowest BCUT2D eigenvalue weighted by atomic mass is 9.91. The van der Waals surface area contributed by atoms with Crippen LogP contribution in [0.2, 0.25) is 0 Å². The highest BCUT2D eigenvalue weighted by Gasteiger charge is 2.42. The molecule has 1 aliphatic rings. The second kappa shape index (κ2) is 7.39. The first-order chi connectivity index (χ1) is 9.81. The topological polar surface area (TPSA) is 131 Å². The van der Waals surface area contributed by atoms with Crippen molar-refractivity contribution in [3.63, 3.8) is 0 Å². The molecule has 0 saturated carbocycles. The van der Waals surface area contributed by atoms with E-state index in [0.717, 1.165) is 0 Å². The molecule has 1 rings (SSSR count). The fourth-order valence-corrected chi connectivity index (χ4v) is 2.31. The van der Waals surface area contributed by atoms with Crippen molar-refractivity contribution in [2.24, 2.45) is 5.73 Å². The van der Waals surface area contributed by atoms with Gasteiger partial charge in [0.05, 0.1) is 18.2 Å². The molecule has 5 atom stereocenters. The van der Waals surface area contributed by atoms with Crippen LogP contribution in [0, 0.1) is 0 Å². The highest BCUT2D eigenvalue weighted by molar-refractivity contribution is 5.84. The number of rotatable bonds is 6.